The molecule has 1 aromatic heterocycles. The van der Waals surface area contributed by atoms with Crippen LogP contribution in [0.4, 0.5) is 5.69 Å². The van der Waals surface area contributed by atoms with Crippen LogP contribution in [0.25, 0.3) is 0 Å². The fraction of sp³-hybridized carbons (Fsp3) is 0.125. The number of nitro benzene ring substituents is 1. The van der Waals surface area contributed by atoms with Crippen molar-refractivity contribution in [2.45, 2.75) is 6.04 Å². The zero-order chi connectivity index (χ0) is 18.0. The highest BCUT2D eigenvalue weighted by Gasteiger charge is 2.23. The molecule has 7 nitrogen and oxygen atoms in total. The zero-order valence-electron chi connectivity index (χ0n) is 13.1. The zero-order valence-corrected chi connectivity index (χ0v) is 14.6. The molecule has 1 unspecified atom stereocenters. The molecule has 0 bridgehead atoms. The predicted octanol–water partition coefficient (Wildman–Crippen LogP) is 3.85. The van der Waals surface area contributed by atoms with Crippen LogP contribution in [-0.2, 0) is 0 Å². The Balaban J connectivity index is 2.09. The van der Waals surface area contributed by atoms with Gasteiger partial charge in [-0.3, -0.25) is 15.1 Å². The number of aromatic nitrogens is 3. The highest BCUT2D eigenvalue weighted by Crippen LogP contribution is 2.34. The van der Waals surface area contributed by atoms with Crippen molar-refractivity contribution < 1.29 is 4.92 Å². The first-order valence-corrected chi connectivity index (χ1v) is 8.00. The normalized spacial score (nSPS) is 12.0. The van der Waals surface area contributed by atoms with Gasteiger partial charge in [0.05, 0.1) is 11.0 Å². The van der Waals surface area contributed by atoms with E-state index in [4.69, 9.17) is 23.2 Å². The van der Waals surface area contributed by atoms with Crippen LogP contribution in [0.2, 0.25) is 10.0 Å². The molecule has 25 heavy (non-hydrogen) atoms. The maximum Gasteiger partial charge on any atom is 0.269 e. The SMILES string of the molecule is CN(C(c1ccc([N+](=O)[O-])cc1)c1ccc(Cl)cc1Cl)n1cncn1. The van der Waals surface area contributed by atoms with Crippen molar-refractivity contribution in [3.05, 3.63) is 86.4 Å². The maximum atomic E-state index is 10.9. The molecule has 0 saturated heterocycles. The number of non-ortho nitro benzene ring substituents is 1. The topological polar surface area (TPSA) is 77.1 Å². The van der Waals surface area contributed by atoms with Crippen molar-refractivity contribution >= 4 is 28.9 Å². The third-order valence-electron chi connectivity index (χ3n) is 3.78. The summed E-state index contributed by atoms with van der Waals surface area (Å²) in [5, 5.41) is 17.9. The number of hydrogen-bond donors (Lipinski definition) is 0. The monoisotopic (exact) mass is 377 g/mol. The number of rotatable bonds is 5. The summed E-state index contributed by atoms with van der Waals surface area (Å²) >= 11 is 12.4. The molecular weight excluding hydrogens is 365 g/mol. The molecule has 3 rings (SSSR count). The lowest BCUT2D eigenvalue weighted by Gasteiger charge is -2.30. The Morgan fingerprint density at radius 2 is 1.92 bits per heavy atom. The summed E-state index contributed by atoms with van der Waals surface area (Å²) in [6.07, 6.45) is 2.98. The van der Waals surface area contributed by atoms with Gasteiger partial charge >= 0.3 is 0 Å². The van der Waals surface area contributed by atoms with E-state index in [0.29, 0.717) is 10.0 Å². The molecule has 0 saturated carbocycles. The molecule has 0 spiro atoms. The van der Waals surface area contributed by atoms with Crippen molar-refractivity contribution in [2.75, 3.05) is 12.1 Å². The molecule has 0 N–H and O–H groups in total. The molecule has 3 aromatic rings. The Morgan fingerprint density at radius 3 is 2.48 bits per heavy atom. The smallest absolute Gasteiger partial charge is 0.269 e. The Hall–Kier alpha value is -2.64. The first kappa shape index (κ1) is 17.2. The lowest BCUT2D eigenvalue weighted by atomic mass is 9.98. The number of nitrogens with zero attached hydrogens (tertiary/aromatic N) is 5. The van der Waals surface area contributed by atoms with Crippen LogP contribution in [-0.4, -0.2) is 26.8 Å². The average Bonchev–Trinajstić information content (AvgIpc) is 3.12. The molecule has 1 heterocycles. The number of benzene rings is 2. The molecular formula is C16H13Cl2N5O2. The van der Waals surface area contributed by atoms with Crippen molar-refractivity contribution in [2.24, 2.45) is 0 Å². The van der Waals surface area contributed by atoms with E-state index in [2.05, 4.69) is 10.1 Å². The molecule has 1 atom stereocenters. The Bertz CT molecular complexity index is 884. The maximum absolute atomic E-state index is 10.9. The van der Waals surface area contributed by atoms with Crippen molar-refractivity contribution in [3.8, 4) is 0 Å². The summed E-state index contributed by atoms with van der Waals surface area (Å²) in [6, 6.07) is 11.2. The van der Waals surface area contributed by atoms with E-state index in [1.54, 1.807) is 35.4 Å². The molecule has 0 aliphatic rings. The number of halogens is 2. The summed E-state index contributed by atoms with van der Waals surface area (Å²) < 4.78 is 0. The van der Waals surface area contributed by atoms with Crippen LogP contribution in [0.15, 0.2) is 55.1 Å². The lowest BCUT2D eigenvalue weighted by Crippen LogP contribution is -2.35. The lowest BCUT2D eigenvalue weighted by molar-refractivity contribution is -0.384. The third-order valence-corrected chi connectivity index (χ3v) is 4.34. The van der Waals surface area contributed by atoms with Crippen LogP contribution >= 0.6 is 23.2 Å². The first-order chi connectivity index (χ1) is 12.0. The summed E-state index contributed by atoms with van der Waals surface area (Å²) in [6.45, 7) is 0. The standard InChI is InChI=1S/C16H13Cl2N5O2/c1-21(22-10-19-9-20-22)16(14-7-4-12(17)8-15(14)18)11-2-5-13(6-3-11)23(24)25/h2-10,16H,1H3. The van der Waals surface area contributed by atoms with Gasteiger partial charge in [-0.05, 0) is 35.4 Å². The molecule has 9 heteroatoms. The van der Waals surface area contributed by atoms with Gasteiger partial charge in [-0.15, -0.1) is 5.10 Å². The minimum absolute atomic E-state index is 0.0214. The largest absolute Gasteiger partial charge is 0.287 e. The summed E-state index contributed by atoms with van der Waals surface area (Å²) in [5.41, 5.74) is 1.62. The van der Waals surface area contributed by atoms with E-state index >= 15 is 0 Å². The van der Waals surface area contributed by atoms with Gasteiger partial charge in [0.2, 0.25) is 0 Å². The Morgan fingerprint density at radius 1 is 1.20 bits per heavy atom. The highest BCUT2D eigenvalue weighted by molar-refractivity contribution is 6.35. The first-order valence-electron chi connectivity index (χ1n) is 7.24. The third kappa shape index (κ3) is 3.57. The fourth-order valence-corrected chi connectivity index (χ4v) is 3.09. The van der Waals surface area contributed by atoms with Crippen LogP contribution in [0.5, 0.6) is 0 Å². The van der Waals surface area contributed by atoms with Crippen molar-refractivity contribution in [1.29, 1.82) is 0 Å². The van der Waals surface area contributed by atoms with Gasteiger partial charge in [0.25, 0.3) is 5.69 Å². The van der Waals surface area contributed by atoms with Gasteiger partial charge in [-0.2, -0.15) is 4.79 Å². The van der Waals surface area contributed by atoms with Gasteiger partial charge in [-0.25, -0.2) is 4.98 Å². The summed E-state index contributed by atoms with van der Waals surface area (Å²) in [5.74, 6) is 0. The van der Waals surface area contributed by atoms with E-state index in [0.717, 1.165) is 11.1 Å². The van der Waals surface area contributed by atoms with Gasteiger partial charge in [-0.1, -0.05) is 29.3 Å². The quantitative estimate of drug-likeness (QED) is 0.498. The van der Waals surface area contributed by atoms with E-state index in [1.807, 2.05) is 18.1 Å². The van der Waals surface area contributed by atoms with E-state index < -0.39 is 4.92 Å². The minimum atomic E-state index is -0.435. The summed E-state index contributed by atoms with van der Waals surface area (Å²) in [4.78, 5) is 16.0. The van der Waals surface area contributed by atoms with Crippen molar-refractivity contribution in [1.82, 2.24) is 14.9 Å². The van der Waals surface area contributed by atoms with E-state index in [1.165, 1.54) is 18.5 Å². The molecule has 0 aliphatic carbocycles. The molecule has 128 valence electrons. The van der Waals surface area contributed by atoms with Crippen LogP contribution in [0.1, 0.15) is 17.2 Å². The van der Waals surface area contributed by atoms with Crippen molar-refractivity contribution in [3.63, 3.8) is 0 Å². The molecule has 0 fully saturated rings. The molecule has 0 amide bonds. The van der Waals surface area contributed by atoms with Crippen LogP contribution in [0.3, 0.4) is 0 Å². The molecule has 2 aromatic carbocycles. The van der Waals surface area contributed by atoms with Crippen LogP contribution < -0.4 is 5.01 Å². The Labute approximate surface area is 153 Å². The van der Waals surface area contributed by atoms with Gasteiger partial charge in [0, 0.05) is 29.2 Å². The Kier molecular flexibility index (Phi) is 4.87. The fourth-order valence-electron chi connectivity index (χ4n) is 2.58. The number of nitro groups is 1. The highest BCUT2D eigenvalue weighted by atomic mass is 35.5. The van der Waals surface area contributed by atoms with Gasteiger partial charge < -0.3 is 0 Å². The van der Waals surface area contributed by atoms with Gasteiger partial charge in [0.1, 0.15) is 12.7 Å². The second-order valence-corrected chi connectivity index (χ2v) is 6.15. The average molecular weight is 378 g/mol. The van der Waals surface area contributed by atoms with E-state index in [-0.39, 0.29) is 11.7 Å². The number of hydrogen-bond acceptors (Lipinski definition) is 5. The molecule has 0 aliphatic heterocycles. The summed E-state index contributed by atoms with van der Waals surface area (Å²) in [7, 11) is 1.83. The second-order valence-electron chi connectivity index (χ2n) is 5.31. The van der Waals surface area contributed by atoms with Gasteiger partial charge in [0.15, 0.2) is 0 Å². The second kappa shape index (κ2) is 7.08. The van der Waals surface area contributed by atoms with Crippen LogP contribution in [0, 0.1) is 10.1 Å². The predicted molar refractivity (Wildman–Crippen MR) is 95.6 cm³/mol. The minimum Gasteiger partial charge on any atom is -0.287 e. The van der Waals surface area contributed by atoms with E-state index in [9.17, 15) is 10.1 Å². The molecule has 0 radical (unpaired) electrons.